The van der Waals surface area contributed by atoms with E-state index in [0.717, 1.165) is 18.8 Å². The van der Waals surface area contributed by atoms with Gasteiger partial charge in [-0.25, -0.2) is 0 Å². The molecule has 0 atom stereocenters. The largest absolute Gasteiger partial charge is 0.397 e. The molecule has 6 heteroatoms. The van der Waals surface area contributed by atoms with Gasteiger partial charge < -0.3 is 16.0 Å². The molecule has 0 aliphatic carbocycles. The highest BCUT2D eigenvalue weighted by molar-refractivity contribution is 7.98. The predicted octanol–water partition coefficient (Wildman–Crippen LogP) is 2.55. The third-order valence-electron chi connectivity index (χ3n) is 2.69. The number of carbonyl (C=O) groups excluding carboxylic acids is 1. The second-order valence-corrected chi connectivity index (χ2v) is 5.75. The number of anilines is 2. The summed E-state index contributed by atoms with van der Waals surface area (Å²) in [6.45, 7) is 1.71. The van der Waals surface area contributed by atoms with Crippen LogP contribution in [0.15, 0.2) is 18.2 Å². The summed E-state index contributed by atoms with van der Waals surface area (Å²) in [7, 11) is 2.01. The molecule has 0 aromatic heterocycles. The fraction of sp³-hybridized carbons (Fsp3) is 0.462. The number of hydrogen-bond donors (Lipinski definition) is 2. The van der Waals surface area contributed by atoms with Crippen LogP contribution < -0.4 is 11.1 Å². The van der Waals surface area contributed by atoms with Crippen LogP contribution in [0.25, 0.3) is 0 Å². The predicted molar refractivity (Wildman–Crippen MR) is 85.0 cm³/mol. The molecule has 3 N–H and O–H groups in total. The quantitative estimate of drug-likeness (QED) is 0.760. The molecular formula is C13H20ClN3OS. The third-order valence-corrected chi connectivity index (χ3v) is 3.51. The van der Waals surface area contributed by atoms with Gasteiger partial charge in [-0.1, -0.05) is 11.6 Å². The Balaban J connectivity index is 2.40. The standard InChI is InChI=1S/C13H20ClN3OS/c1-17(7-8-19-2)6-5-13(18)16-12-9-10(14)3-4-11(12)15/h3-4,9H,5-8,15H2,1-2H3,(H,16,18). The van der Waals surface area contributed by atoms with Gasteiger partial charge >= 0.3 is 0 Å². The third kappa shape index (κ3) is 6.18. The van der Waals surface area contributed by atoms with E-state index >= 15 is 0 Å². The molecular weight excluding hydrogens is 282 g/mol. The van der Waals surface area contributed by atoms with Crippen molar-refractivity contribution in [3.8, 4) is 0 Å². The van der Waals surface area contributed by atoms with Crippen LogP contribution in [0.1, 0.15) is 6.42 Å². The number of halogens is 1. The molecule has 19 heavy (non-hydrogen) atoms. The Morgan fingerprint density at radius 3 is 2.89 bits per heavy atom. The maximum absolute atomic E-state index is 11.8. The minimum Gasteiger partial charge on any atom is -0.397 e. The molecule has 1 rings (SSSR count). The lowest BCUT2D eigenvalue weighted by atomic mass is 10.2. The molecule has 0 aliphatic rings. The smallest absolute Gasteiger partial charge is 0.225 e. The highest BCUT2D eigenvalue weighted by Crippen LogP contribution is 2.22. The average Bonchev–Trinajstić information content (AvgIpc) is 2.38. The lowest BCUT2D eigenvalue weighted by molar-refractivity contribution is -0.116. The minimum atomic E-state index is -0.0510. The Hall–Kier alpha value is -0.910. The second kappa shape index (κ2) is 8.30. The lowest BCUT2D eigenvalue weighted by Gasteiger charge is -2.15. The fourth-order valence-electron chi connectivity index (χ4n) is 1.50. The van der Waals surface area contributed by atoms with Crippen molar-refractivity contribution >= 4 is 40.6 Å². The van der Waals surface area contributed by atoms with E-state index in [9.17, 15) is 4.79 Å². The molecule has 1 aromatic rings. The van der Waals surface area contributed by atoms with Gasteiger partial charge in [0.05, 0.1) is 11.4 Å². The van der Waals surface area contributed by atoms with E-state index in [0.29, 0.717) is 22.8 Å². The van der Waals surface area contributed by atoms with Gasteiger partial charge in [-0.3, -0.25) is 4.79 Å². The van der Waals surface area contributed by atoms with Crippen LogP contribution in [-0.2, 0) is 4.79 Å². The monoisotopic (exact) mass is 301 g/mol. The van der Waals surface area contributed by atoms with Crippen LogP contribution in [-0.4, -0.2) is 43.0 Å². The van der Waals surface area contributed by atoms with Crippen molar-refractivity contribution in [2.24, 2.45) is 0 Å². The number of amides is 1. The number of rotatable bonds is 7. The molecule has 1 aromatic carbocycles. The van der Waals surface area contributed by atoms with Gasteiger partial charge in [0.2, 0.25) is 5.91 Å². The zero-order valence-electron chi connectivity index (χ0n) is 11.3. The molecule has 1 amide bonds. The molecule has 4 nitrogen and oxygen atoms in total. The van der Waals surface area contributed by atoms with Crippen molar-refractivity contribution in [1.82, 2.24) is 4.90 Å². The molecule has 0 radical (unpaired) electrons. The molecule has 0 saturated carbocycles. The Kier molecular flexibility index (Phi) is 7.05. The maximum atomic E-state index is 11.8. The van der Waals surface area contributed by atoms with E-state index in [1.807, 2.05) is 7.05 Å². The molecule has 0 unspecified atom stereocenters. The normalized spacial score (nSPS) is 10.7. The van der Waals surface area contributed by atoms with Crippen molar-refractivity contribution in [3.05, 3.63) is 23.2 Å². The first kappa shape index (κ1) is 16.1. The number of hydrogen-bond acceptors (Lipinski definition) is 4. The first-order chi connectivity index (χ1) is 9.02. The van der Waals surface area contributed by atoms with Crippen molar-refractivity contribution < 1.29 is 4.79 Å². The van der Waals surface area contributed by atoms with E-state index in [4.69, 9.17) is 17.3 Å². The van der Waals surface area contributed by atoms with E-state index in [1.165, 1.54) is 0 Å². The number of nitrogens with two attached hydrogens (primary N) is 1. The number of benzene rings is 1. The summed E-state index contributed by atoms with van der Waals surface area (Å²) >= 11 is 7.66. The summed E-state index contributed by atoms with van der Waals surface area (Å²) in [4.78, 5) is 13.9. The topological polar surface area (TPSA) is 58.4 Å². The summed E-state index contributed by atoms with van der Waals surface area (Å²) < 4.78 is 0. The number of nitrogen functional groups attached to an aromatic ring is 1. The lowest BCUT2D eigenvalue weighted by Crippen LogP contribution is -2.26. The summed E-state index contributed by atoms with van der Waals surface area (Å²) in [5.41, 5.74) is 6.87. The minimum absolute atomic E-state index is 0.0510. The van der Waals surface area contributed by atoms with Gasteiger partial charge in [0.25, 0.3) is 0 Å². The highest BCUT2D eigenvalue weighted by Gasteiger charge is 2.07. The summed E-state index contributed by atoms with van der Waals surface area (Å²) in [6.07, 6.45) is 2.51. The molecule has 0 heterocycles. The zero-order chi connectivity index (χ0) is 14.3. The van der Waals surface area contributed by atoms with Gasteiger partial charge in [-0.05, 0) is 31.5 Å². The molecule has 0 aliphatic heterocycles. The molecule has 0 spiro atoms. The van der Waals surface area contributed by atoms with Crippen molar-refractivity contribution in [2.75, 3.05) is 43.2 Å². The van der Waals surface area contributed by atoms with Crippen LogP contribution >= 0.6 is 23.4 Å². The van der Waals surface area contributed by atoms with Crippen molar-refractivity contribution in [2.45, 2.75) is 6.42 Å². The van der Waals surface area contributed by atoms with E-state index in [2.05, 4.69) is 16.5 Å². The summed E-state index contributed by atoms with van der Waals surface area (Å²) in [5.74, 6) is 1.02. The van der Waals surface area contributed by atoms with Gasteiger partial charge in [0.1, 0.15) is 0 Å². The highest BCUT2D eigenvalue weighted by atomic mass is 35.5. The van der Waals surface area contributed by atoms with Crippen LogP contribution in [0.2, 0.25) is 5.02 Å². The first-order valence-corrected chi connectivity index (χ1v) is 7.82. The van der Waals surface area contributed by atoms with Gasteiger partial charge in [-0.15, -0.1) is 0 Å². The summed E-state index contributed by atoms with van der Waals surface area (Å²) in [6, 6.07) is 5.04. The second-order valence-electron chi connectivity index (χ2n) is 4.33. The Morgan fingerprint density at radius 2 is 2.21 bits per heavy atom. The molecule has 0 fully saturated rings. The number of nitrogens with zero attached hydrogens (tertiary/aromatic N) is 1. The van der Waals surface area contributed by atoms with E-state index < -0.39 is 0 Å². The van der Waals surface area contributed by atoms with E-state index in [1.54, 1.807) is 30.0 Å². The van der Waals surface area contributed by atoms with Gasteiger partial charge in [0.15, 0.2) is 0 Å². The summed E-state index contributed by atoms with van der Waals surface area (Å²) in [5, 5.41) is 3.34. The Morgan fingerprint density at radius 1 is 1.47 bits per heavy atom. The fourth-order valence-corrected chi connectivity index (χ4v) is 2.17. The van der Waals surface area contributed by atoms with Crippen LogP contribution in [0.4, 0.5) is 11.4 Å². The molecule has 0 saturated heterocycles. The zero-order valence-corrected chi connectivity index (χ0v) is 12.9. The molecule has 0 bridgehead atoms. The van der Waals surface area contributed by atoms with Crippen LogP contribution in [0.5, 0.6) is 0 Å². The van der Waals surface area contributed by atoms with Crippen LogP contribution in [0, 0.1) is 0 Å². The van der Waals surface area contributed by atoms with Gasteiger partial charge in [-0.2, -0.15) is 11.8 Å². The first-order valence-electron chi connectivity index (χ1n) is 6.05. The SMILES string of the molecule is CSCCN(C)CCC(=O)Nc1cc(Cl)ccc1N. The van der Waals surface area contributed by atoms with Crippen LogP contribution in [0.3, 0.4) is 0 Å². The van der Waals surface area contributed by atoms with E-state index in [-0.39, 0.29) is 5.91 Å². The number of thioether (sulfide) groups is 1. The maximum Gasteiger partial charge on any atom is 0.225 e. The number of nitrogens with one attached hydrogen (secondary N) is 1. The van der Waals surface area contributed by atoms with Gasteiger partial charge in [0, 0.05) is 30.3 Å². The Bertz CT molecular complexity index is 428. The van der Waals surface area contributed by atoms with Crippen molar-refractivity contribution in [1.29, 1.82) is 0 Å². The Labute approximate surface area is 123 Å². The molecule has 106 valence electrons. The average molecular weight is 302 g/mol. The number of carbonyl (C=O) groups is 1. The van der Waals surface area contributed by atoms with Crippen molar-refractivity contribution in [3.63, 3.8) is 0 Å².